The van der Waals surface area contributed by atoms with Crippen molar-refractivity contribution < 1.29 is 9.90 Å². The minimum atomic E-state index is -0.803. The number of hydrogen-bond acceptors (Lipinski definition) is 3. The Kier molecular flexibility index (Phi) is 5.25. The summed E-state index contributed by atoms with van der Waals surface area (Å²) in [4.78, 5) is 14.2. The van der Waals surface area contributed by atoms with Gasteiger partial charge >= 0.3 is 5.97 Å². The van der Waals surface area contributed by atoms with Crippen molar-refractivity contribution in [3.05, 3.63) is 0 Å². The number of nitrogens with one attached hydrogen (secondary N) is 1. The molecule has 0 aromatic rings. The minimum absolute atomic E-state index is 0.139. The zero-order valence-electron chi connectivity index (χ0n) is 14.2. The van der Waals surface area contributed by atoms with Gasteiger partial charge in [-0.2, -0.15) is 0 Å². The standard InChI is InChI=1S/C16H32N2O2/c1-11(2)17-16(14(19)20,13-8-9-13)10-18(7)12(3)15(4,5)6/h11-13,17H,8-10H2,1-7H3,(H,19,20). The average molecular weight is 284 g/mol. The molecule has 2 N–H and O–H groups in total. The Labute approximate surface area is 123 Å². The van der Waals surface area contributed by atoms with Crippen molar-refractivity contribution in [3.63, 3.8) is 0 Å². The van der Waals surface area contributed by atoms with Crippen molar-refractivity contribution in [3.8, 4) is 0 Å². The molecule has 2 atom stereocenters. The third kappa shape index (κ3) is 3.95. The van der Waals surface area contributed by atoms with E-state index in [-0.39, 0.29) is 17.4 Å². The van der Waals surface area contributed by atoms with E-state index in [0.717, 1.165) is 12.8 Å². The first-order valence-electron chi connectivity index (χ1n) is 7.72. The Balaban J connectivity index is 2.92. The van der Waals surface area contributed by atoms with E-state index in [0.29, 0.717) is 12.6 Å². The van der Waals surface area contributed by atoms with Gasteiger partial charge in [0, 0.05) is 18.6 Å². The van der Waals surface area contributed by atoms with Gasteiger partial charge in [-0.15, -0.1) is 0 Å². The lowest BCUT2D eigenvalue weighted by atomic mass is 9.85. The summed E-state index contributed by atoms with van der Waals surface area (Å²) in [6.07, 6.45) is 2.04. The van der Waals surface area contributed by atoms with E-state index in [1.807, 2.05) is 20.9 Å². The molecule has 0 saturated heterocycles. The van der Waals surface area contributed by atoms with Gasteiger partial charge in [0.15, 0.2) is 0 Å². The van der Waals surface area contributed by atoms with Crippen LogP contribution in [-0.4, -0.2) is 47.2 Å². The lowest BCUT2D eigenvalue weighted by Gasteiger charge is -2.42. The second-order valence-electron chi connectivity index (χ2n) is 7.81. The molecule has 20 heavy (non-hydrogen) atoms. The van der Waals surface area contributed by atoms with Crippen molar-refractivity contribution >= 4 is 5.97 Å². The maximum atomic E-state index is 12.0. The van der Waals surface area contributed by atoms with Gasteiger partial charge in [-0.1, -0.05) is 20.8 Å². The van der Waals surface area contributed by atoms with Crippen LogP contribution in [0.2, 0.25) is 0 Å². The van der Waals surface area contributed by atoms with Crippen LogP contribution < -0.4 is 5.32 Å². The molecular formula is C16H32N2O2. The second-order valence-corrected chi connectivity index (χ2v) is 7.81. The Morgan fingerprint density at radius 2 is 1.80 bits per heavy atom. The summed E-state index contributed by atoms with van der Waals surface area (Å²) in [7, 11) is 2.04. The number of nitrogens with zero attached hydrogens (tertiary/aromatic N) is 1. The first-order chi connectivity index (χ1) is 9.00. The topological polar surface area (TPSA) is 52.6 Å². The van der Waals surface area contributed by atoms with E-state index in [9.17, 15) is 9.90 Å². The minimum Gasteiger partial charge on any atom is -0.480 e. The SMILES string of the molecule is CC(C)NC(CN(C)C(C)C(C)(C)C)(C(=O)O)C1CC1. The number of aliphatic carboxylic acids is 1. The van der Waals surface area contributed by atoms with E-state index >= 15 is 0 Å². The summed E-state index contributed by atoms with van der Waals surface area (Å²) in [5.41, 5.74) is -0.664. The molecule has 0 amide bonds. The Bertz CT molecular complexity index is 345. The normalized spacial score (nSPS) is 21.1. The molecule has 4 heteroatoms. The van der Waals surface area contributed by atoms with Crippen LogP contribution in [0.4, 0.5) is 0 Å². The van der Waals surface area contributed by atoms with Gasteiger partial charge in [0.25, 0.3) is 0 Å². The monoisotopic (exact) mass is 284 g/mol. The lowest BCUT2D eigenvalue weighted by molar-refractivity contribution is -0.147. The highest BCUT2D eigenvalue weighted by atomic mass is 16.4. The molecule has 1 fully saturated rings. The first kappa shape index (κ1) is 17.4. The second kappa shape index (κ2) is 6.02. The summed E-state index contributed by atoms with van der Waals surface area (Å²) < 4.78 is 0. The van der Waals surface area contributed by atoms with Gasteiger partial charge < -0.3 is 10.0 Å². The fourth-order valence-corrected chi connectivity index (χ4v) is 2.88. The Morgan fingerprint density at radius 3 is 2.10 bits per heavy atom. The van der Waals surface area contributed by atoms with Gasteiger partial charge in [-0.05, 0) is 52.0 Å². The van der Waals surface area contributed by atoms with Crippen LogP contribution in [0, 0.1) is 11.3 Å². The highest BCUT2D eigenvalue weighted by molar-refractivity contribution is 5.80. The van der Waals surface area contributed by atoms with Crippen molar-refractivity contribution in [2.75, 3.05) is 13.6 Å². The summed E-state index contributed by atoms with van der Waals surface area (Å²) in [6, 6.07) is 0.499. The zero-order chi connectivity index (χ0) is 15.7. The molecule has 1 rings (SSSR count). The predicted octanol–water partition coefficient (Wildman–Crippen LogP) is 2.58. The lowest BCUT2D eigenvalue weighted by Crippen LogP contribution is -2.63. The van der Waals surface area contributed by atoms with E-state index in [4.69, 9.17) is 0 Å². The highest BCUT2D eigenvalue weighted by Gasteiger charge is 2.52. The maximum absolute atomic E-state index is 12.0. The molecule has 0 aromatic heterocycles. The predicted molar refractivity (Wildman–Crippen MR) is 82.9 cm³/mol. The quantitative estimate of drug-likeness (QED) is 0.754. The molecule has 2 unspecified atom stereocenters. The third-order valence-corrected chi connectivity index (χ3v) is 4.62. The van der Waals surface area contributed by atoms with Gasteiger partial charge in [-0.25, -0.2) is 0 Å². The molecule has 1 aliphatic carbocycles. The molecule has 1 aliphatic rings. The van der Waals surface area contributed by atoms with E-state index < -0.39 is 11.5 Å². The molecule has 0 heterocycles. The molecule has 0 radical (unpaired) electrons. The number of likely N-dealkylation sites (N-methyl/N-ethyl adjacent to an activating group) is 1. The molecule has 1 saturated carbocycles. The van der Waals surface area contributed by atoms with Crippen LogP contribution in [0.5, 0.6) is 0 Å². The van der Waals surface area contributed by atoms with Crippen LogP contribution in [0.1, 0.15) is 54.4 Å². The number of carboxylic acid groups (broad SMARTS) is 1. The summed E-state index contributed by atoms with van der Waals surface area (Å²) in [5.74, 6) is -0.446. The number of carbonyl (C=O) groups is 1. The van der Waals surface area contributed by atoms with Crippen molar-refractivity contribution in [2.45, 2.75) is 72.0 Å². The molecule has 0 bridgehead atoms. The van der Waals surface area contributed by atoms with E-state index in [2.05, 4.69) is 37.9 Å². The summed E-state index contributed by atoms with van der Waals surface area (Å²) in [6.45, 7) is 13.4. The first-order valence-corrected chi connectivity index (χ1v) is 7.72. The van der Waals surface area contributed by atoms with Crippen LogP contribution >= 0.6 is 0 Å². The smallest absolute Gasteiger partial charge is 0.325 e. The average Bonchev–Trinajstić information content (AvgIpc) is 3.08. The number of hydrogen-bond donors (Lipinski definition) is 2. The molecule has 4 nitrogen and oxygen atoms in total. The van der Waals surface area contributed by atoms with Crippen molar-refractivity contribution in [1.82, 2.24) is 10.2 Å². The van der Waals surface area contributed by atoms with Crippen LogP contribution in [0.25, 0.3) is 0 Å². The zero-order valence-corrected chi connectivity index (χ0v) is 14.2. The fraction of sp³-hybridized carbons (Fsp3) is 0.938. The fourth-order valence-electron chi connectivity index (χ4n) is 2.88. The van der Waals surface area contributed by atoms with Crippen LogP contribution in [-0.2, 0) is 4.79 Å². The van der Waals surface area contributed by atoms with Crippen LogP contribution in [0.3, 0.4) is 0 Å². The van der Waals surface area contributed by atoms with Gasteiger partial charge in [0.2, 0.25) is 0 Å². The van der Waals surface area contributed by atoms with Crippen molar-refractivity contribution in [1.29, 1.82) is 0 Å². The molecule has 118 valence electrons. The summed E-state index contributed by atoms with van der Waals surface area (Å²) >= 11 is 0. The Hall–Kier alpha value is -0.610. The third-order valence-electron chi connectivity index (χ3n) is 4.62. The molecular weight excluding hydrogens is 252 g/mol. The Morgan fingerprint density at radius 1 is 1.30 bits per heavy atom. The van der Waals surface area contributed by atoms with Gasteiger partial charge in [0.1, 0.15) is 5.54 Å². The summed E-state index contributed by atoms with van der Waals surface area (Å²) in [5, 5.41) is 13.2. The van der Waals surface area contributed by atoms with Gasteiger partial charge in [0.05, 0.1) is 0 Å². The largest absolute Gasteiger partial charge is 0.480 e. The van der Waals surface area contributed by atoms with E-state index in [1.165, 1.54) is 0 Å². The number of rotatable bonds is 7. The highest BCUT2D eigenvalue weighted by Crippen LogP contribution is 2.41. The van der Waals surface area contributed by atoms with Crippen LogP contribution in [0.15, 0.2) is 0 Å². The molecule has 0 aromatic carbocycles. The number of carboxylic acids is 1. The maximum Gasteiger partial charge on any atom is 0.325 e. The van der Waals surface area contributed by atoms with Gasteiger partial charge in [-0.3, -0.25) is 10.1 Å². The molecule has 0 aliphatic heterocycles. The molecule has 0 spiro atoms. The van der Waals surface area contributed by atoms with E-state index in [1.54, 1.807) is 0 Å². The van der Waals surface area contributed by atoms with Crippen molar-refractivity contribution in [2.24, 2.45) is 11.3 Å².